The molecule has 0 amide bonds. The van der Waals surface area contributed by atoms with Crippen LogP contribution in [0.2, 0.25) is 0 Å². The SMILES string of the molecule is C.CCc1ccc(-c2cc(-c3ccccn3)nc(-c3ccccn3)c2)cc1. The Morgan fingerprint density at radius 3 is 1.63 bits per heavy atom. The molecule has 0 saturated carbocycles. The van der Waals surface area contributed by atoms with Crippen molar-refractivity contribution >= 4 is 0 Å². The number of pyridine rings is 3. The molecular weight excluding hydrogens is 330 g/mol. The summed E-state index contributed by atoms with van der Waals surface area (Å²) in [5.74, 6) is 0. The van der Waals surface area contributed by atoms with Crippen LogP contribution in [0.1, 0.15) is 19.9 Å². The minimum Gasteiger partial charge on any atom is -0.255 e. The van der Waals surface area contributed by atoms with Gasteiger partial charge in [0.05, 0.1) is 22.8 Å². The van der Waals surface area contributed by atoms with Gasteiger partial charge in [-0.1, -0.05) is 50.7 Å². The molecule has 134 valence electrons. The second-order valence-electron chi connectivity index (χ2n) is 6.11. The first-order valence-electron chi connectivity index (χ1n) is 8.77. The molecule has 0 saturated heterocycles. The Kier molecular flexibility index (Phi) is 5.72. The highest BCUT2D eigenvalue weighted by molar-refractivity contribution is 5.74. The molecule has 4 aromatic rings. The van der Waals surface area contributed by atoms with Gasteiger partial charge in [0.25, 0.3) is 0 Å². The molecule has 3 heteroatoms. The van der Waals surface area contributed by atoms with Crippen molar-refractivity contribution < 1.29 is 0 Å². The standard InChI is InChI=1S/C23H19N3.CH4/c1-2-17-9-11-18(12-10-17)19-15-22(20-7-3-5-13-24-20)26-23(16-19)21-8-4-6-14-25-21;/h3-16H,2H2,1H3;1H4. The fourth-order valence-corrected chi connectivity index (χ4v) is 2.92. The second-order valence-corrected chi connectivity index (χ2v) is 6.11. The summed E-state index contributed by atoms with van der Waals surface area (Å²) in [7, 11) is 0. The van der Waals surface area contributed by atoms with E-state index in [9.17, 15) is 0 Å². The van der Waals surface area contributed by atoms with Gasteiger partial charge in [-0.05, 0) is 59.5 Å². The zero-order valence-electron chi connectivity index (χ0n) is 14.6. The van der Waals surface area contributed by atoms with Crippen LogP contribution in [-0.2, 0) is 6.42 Å². The number of aryl methyl sites for hydroxylation is 1. The quantitative estimate of drug-likeness (QED) is 0.447. The maximum absolute atomic E-state index is 4.81. The summed E-state index contributed by atoms with van der Waals surface area (Å²) < 4.78 is 0. The Morgan fingerprint density at radius 2 is 1.19 bits per heavy atom. The highest BCUT2D eigenvalue weighted by Crippen LogP contribution is 2.29. The molecule has 0 bridgehead atoms. The summed E-state index contributed by atoms with van der Waals surface area (Å²) in [5, 5.41) is 0. The number of hydrogen-bond donors (Lipinski definition) is 0. The van der Waals surface area contributed by atoms with E-state index in [0.29, 0.717) is 0 Å². The third kappa shape index (κ3) is 4.09. The molecule has 0 aliphatic rings. The summed E-state index contributed by atoms with van der Waals surface area (Å²) >= 11 is 0. The lowest BCUT2D eigenvalue weighted by Crippen LogP contribution is -1.94. The van der Waals surface area contributed by atoms with Crippen molar-refractivity contribution in [2.75, 3.05) is 0 Å². The summed E-state index contributed by atoms with van der Waals surface area (Å²) in [6, 6.07) is 24.6. The average molecular weight is 353 g/mol. The Balaban J connectivity index is 0.00000210. The second kappa shape index (κ2) is 8.37. The zero-order chi connectivity index (χ0) is 17.8. The molecular formula is C24H23N3. The van der Waals surface area contributed by atoms with E-state index in [4.69, 9.17) is 4.98 Å². The van der Waals surface area contributed by atoms with E-state index in [1.165, 1.54) is 11.1 Å². The zero-order valence-corrected chi connectivity index (χ0v) is 14.6. The molecule has 0 unspecified atom stereocenters. The monoisotopic (exact) mass is 353 g/mol. The minimum atomic E-state index is 0. The smallest absolute Gasteiger partial charge is 0.0900 e. The van der Waals surface area contributed by atoms with Crippen LogP contribution in [0.15, 0.2) is 85.2 Å². The van der Waals surface area contributed by atoms with Crippen molar-refractivity contribution in [1.29, 1.82) is 0 Å². The molecule has 4 rings (SSSR count). The normalized spacial score (nSPS) is 10.3. The van der Waals surface area contributed by atoms with Crippen LogP contribution >= 0.6 is 0 Å². The summed E-state index contributed by atoms with van der Waals surface area (Å²) in [4.78, 5) is 13.7. The van der Waals surface area contributed by atoms with Crippen molar-refractivity contribution in [2.45, 2.75) is 20.8 Å². The van der Waals surface area contributed by atoms with Gasteiger partial charge in [0.2, 0.25) is 0 Å². The van der Waals surface area contributed by atoms with E-state index in [2.05, 4.69) is 53.3 Å². The Morgan fingerprint density at radius 1 is 0.630 bits per heavy atom. The van der Waals surface area contributed by atoms with Gasteiger partial charge in [-0.25, -0.2) is 4.98 Å². The first-order valence-corrected chi connectivity index (χ1v) is 8.77. The van der Waals surface area contributed by atoms with Crippen LogP contribution in [0.3, 0.4) is 0 Å². The lowest BCUT2D eigenvalue weighted by Gasteiger charge is -2.10. The van der Waals surface area contributed by atoms with Gasteiger partial charge < -0.3 is 0 Å². The highest BCUT2D eigenvalue weighted by atomic mass is 14.8. The topological polar surface area (TPSA) is 38.7 Å². The Labute approximate surface area is 160 Å². The summed E-state index contributed by atoms with van der Waals surface area (Å²) in [6.45, 7) is 2.17. The van der Waals surface area contributed by atoms with Crippen molar-refractivity contribution in [3.8, 4) is 33.9 Å². The van der Waals surface area contributed by atoms with Gasteiger partial charge in [-0.2, -0.15) is 0 Å². The maximum atomic E-state index is 4.81. The van der Waals surface area contributed by atoms with Crippen LogP contribution in [0, 0.1) is 0 Å². The fourth-order valence-electron chi connectivity index (χ4n) is 2.92. The molecule has 0 N–H and O–H groups in total. The van der Waals surface area contributed by atoms with Crippen molar-refractivity contribution in [3.63, 3.8) is 0 Å². The van der Waals surface area contributed by atoms with Crippen LogP contribution < -0.4 is 0 Å². The lowest BCUT2D eigenvalue weighted by atomic mass is 10.0. The van der Waals surface area contributed by atoms with Gasteiger partial charge in [0.1, 0.15) is 0 Å². The van der Waals surface area contributed by atoms with E-state index in [1.54, 1.807) is 12.4 Å². The Bertz CT molecular complexity index is 937. The molecule has 1 aromatic carbocycles. The molecule has 3 heterocycles. The molecule has 3 nitrogen and oxygen atoms in total. The van der Waals surface area contributed by atoms with Gasteiger partial charge in [0.15, 0.2) is 0 Å². The van der Waals surface area contributed by atoms with Gasteiger partial charge in [-0.3, -0.25) is 9.97 Å². The molecule has 0 radical (unpaired) electrons. The van der Waals surface area contributed by atoms with E-state index >= 15 is 0 Å². The number of benzene rings is 1. The minimum absolute atomic E-state index is 0. The predicted octanol–water partition coefficient (Wildman–Crippen LogP) is 6.07. The number of aromatic nitrogens is 3. The average Bonchev–Trinajstić information content (AvgIpc) is 2.75. The first kappa shape index (κ1) is 18.5. The van der Waals surface area contributed by atoms with Crippen molar-refractivity contribution in [2.24, 2.45) is 0 Å². The number of nitrogens with zero attached hydrogens (tertiary/aromatic N) is 3. The number of rotatable bonds is 4. The van der Waals surface area contributed by atoms with Gasteiger partial charge >= 0.3 is 0 Å². The van der Waals surface area contributed by atoms with E-state index in [1.807, 2.05) is 36.4 Å². The highest BCUT2D eigenvalue weighted by Gasteiger charge is 2.10. The maximum Gasteiger partial charge on any atom is 0.0900 e. The lowest BCUT2D eigenvalue weighted by molar-refractivity contribution is 1.14. The van der Waals surface area contributed by atoms with Crippen LogP contribution in [-0.4, -0.2) is 15.0 Å². The molecule has 0 fully saturated rings. The van der Waals surface area contributed by atoms with Crippen LogP contribution in [0.4, 0.5) is 0 Å². The molecule has 0 aliphatic carbocycles. The third-order valence-corrected chi connectivity index (χ3v) is 4.38. The predicted molar refractivity (Wildman–Crippen MR) is 112 cm³/mol. The van der Waals surface area contributed by atoms with Gasteiger partial charge in [0, 0.05) is 12.4 Å². The molecule has 27 heavy (non-hydrogen) atoms. The van der Waals surface area contributed by atoms with Crippen molar-refractivity contribution in [3.05, 3.63) is 90.8 Å². The third-order valence-electron chi connectivity index (χ3n) is 4.38. The van der Waals surface area contributed by atoms with Crippen LogP contribution in [0.5, 0.6) is 0 Å². The van der Waals surface area contributed by atoms with Crippen molar-refractivity contribution in [1.82, 2.24) is 15.0 Å². The molecule has 0 spiro atoms. The summed E-state index contributed by atoms with van der Waals surface area (Å²) in [5.41, 5.74) is 7.03. The molecule has 0 aliphatic heterocycles. The largest absolute Gasteiger partial charge is 0.255 e. The first-order chi connectivity index (χ1) is 12.8. The summed E-state index contributed by atoms with van der Waals surface area (Å²) in [6.07, 6.45) is 4.62. The van der Waals surface area contributed by atoms with E-state index in [0.717, 1.165) is 34.8 Å². The van der Waals surface area contributed by atoms with Crippen LogP contribution in [0.25, 0.3) is 33.9 Å². The number of hydrogen-bond acceptors (Lipinski definition) is 3. The Hall–Kier alpha value is -3.33. The van der Waals surface area contributed by atoms with E-state index < -0.39 is 0 Å². The fraction of sp³-hybridized carbons (Fsp3) is 0.125. The molecule has 3 aromatic heterocycles. The van der Waals surface area contributed by atoms with Gasteiger partial charge in [-0.15, -0.1) is 0 Å². The molecule has 0 atom stereocenters. The van der Waals surface area contributed by atoms with E-state index in [-0.39, 0.29) is 7.43 Å².